The molecule has 3 amide bonds. The summed E-state index contributed by atoms with van der Waals surface area (Å²) in [5, 5.41) is 2.04. The molecule has 0 unspecified atom stereocenters. The average Bonchev–Trinajstić information content (AvgIpc) is 2.27. The van der Waals surface area contributed by atoms with E-state index in [1.807, 2.05) is 19.2 Å². The summed E-state index contributed by atoms with van der Waals surface area (Å²) in [5.74, 6) is -0.375. The number of halogens is 1. The Morgan fingerprint density at radius 3 is 1.69 bits per heavy atom. The molecule has 0 radical (unpaired) electrons. The van der Waals surface area contributed by atoms with E-state index in [1.165, 1.54) is 12.8 Å². The largest absolute Gasteiger partial charge is 0.351 e. The summed E-state index contributed by atoms with van der Waals surface area (Å²) >= 11 is 3.26. The summed E-state index contributed by atoms with van der Waals surface area (Å²) in [6.45, 7) is 8.08. The molecule has 0 aliphatic rings. The van der Waals surface area contributed by atoms with Gasteiger partial charge in [0.25, 0.3) is 0 Å². The Kier molecular flexibility index (Phi) is 10.7. The van der Waals surface area contributed by atoms with Crippen LogP contribution in [0, 0.1) is 0 Å². The van der Waals surface area contributed by atoms with Crippen LogP contribution in [0.2, 0.25) is 0 Å². The molecule has 0 saturated heterocycles. The Morgan fingerprint density at radius 1 is 1.12 bits per heavy atom. The Hall–Kier alpha value is -0.580. The van der Waals surface area contributed by atoms with Crippen LogP contribution in [0.4, 0.5) is 4.79 Å². The van der Waals surface area contributed by atoms with Crippen LogP contribution in [-0.4, -0.2) is 16.3 Å². The van der Waals surface area contributed by atoms with Crippen molar-refractivity contribution in [2.75, 3.05) is 0 Å². The van der Waals surface area contributed by atoms with Crippen molar-refractivity contribution in [2.45, 2.75) is 57.7 Å². The highest BCUT2D eigenvalue weighted by atomic mass is 79.9. The fourth-order valence-corrected chi connectivity index (χ4v) is 0.894. The number of hydrogen-bond acceptors (Lipinski definition) is 2. The zero-order chi connectivity index (χ0) is 13.2. The van der Waals surface area contributed by atoms with Crippen molar-refractivity contribution >= 4 is 27.9 Å². The molecular formula is C11H23BrN2O2. The SMILES string of the molecule is CCC(Br)(CC)C(=O)NC(N)=O.CCCC. The molecule has 0 heterocycles. The van der Waals surface area contributed by atoms with E-state index in [2.05, 4.69) is 29.8 Å². The van der Waals surface area contributed by atoms with Gasteiger partial charge in [-0.25, -0.2) is 4.79 Å². The summed E-state index contributed by atoms with van der Waals surface area (Å²) in [6.07, 6.45) is 3.87. The van der Waals surface area contributed by atoms with Crippen molar-refractivity contribution < 1.29 is 9.59 Å². The lowest BCUT2D eigenvalue weighted by molar-refractivity contribution is -0.122. The van der Waals surface area contributed by atoms with Crippen molar-refractivity contribution in [3.8, 4) is 0 Å². The predicted octanol–water partition coefficient (Wildman–Crippen LogP) is 2.94. The van der Waals surface area contributed by atoms with E-state index in [-0.39, 0.29) is 5.91 Å². The van der Waals surface area contributed by atoms with Crippen LogP contribution in [0.15, 0.2) is 0 Å². The van der Waals surface area contributed by atoms with E-state index < -0.39 is 10.4 Å². The number of carbonyl (C=O) groups is 2. The molecule has 0 atom stereocenters. The number of alkyl halides is 1. The summed E-state index contributed by atoms with van der Waals surface area (Å²) in [4.78, 5) is 21.6. The molecule has 5 heteroatoms. The van der Waals surface area contributed by atoms with Gasteiger partial charge in [-0.15, -0.1) is 0 Å². The van der Waals surface area contributed by atoms with Gasteiger partial charge in [-0.2, -0.15) is 0 Å². The minimum atomic E-state index is -0.814. The molecule has 0 aliphatic carbocycles. The van der Waals surface area contributed by atoms with Gasteiger partial charge >= 0.3 is 6.03 Å². The van der Waals surface area contributed by atoms with Crippen LogP contribution >= 0.6 is 15.9 Å². The van der Waals surface area contributed by atoms with E-state index >= 15 is 0 Å². The second-order valence-electron chi connectivity index (χ2n) is 3.49. The van der Waals surface area contributed by atoms with Gasteiger partial charge in [0, 0.05) is 0 Å². The minimum absolute atomic E-state index is 0.375. The van der Waals surface area contributed by atoms with E-state index in [0.29, 0.717) is 12.8 Å². The molecule has 0 aliphatic heterocycles. The van der Waals surface area contributed by atoms with Crippen LogP contribution in [0.25, 0.3) is 0 Å². The Labute approximate surface area is 106 Å². The van der Waals surface area contributed by atoms with E-state index in [4.69, 9.17) is 5.73 Å². The van der Waals surface area contributed by atoms with Crippen molar-refractivity contribution in [3.05, 3.63) is 0 Å². The lowest BCUT2D eigenvalue weighted by Crippen LogP contribution is -2.46. The number of primary amides is 1. The first-order valence-corrected chi connectivity index (χ1v) is 6.46. The average molecular weight is 295 g/mol. The van der Waals surface area contributed by atoms with E-state index in [0.717, 1.165) is 0 Å². The van der Waals surface area contributed by atoms with Crippen molar-refractivity contribution in [1.29, 1.82) is 0 Å². The van der Waals surface area contributed by atoms with E-state index in [9.17, 15) is 9.59 Å². The fourth-order valence-electron chi connectivity index (χ4n) is 0.795. The van der Waals surface area contributed by atoms with Crippen LogP contribution in [0.1, 0.15) is 53.4 Å². The zero-order valence-electron chi connectivity index (χ0n) is 10.6. The van der Waals surface area contributed by atoms with Gasteiger partial charge in [0.05, 0.1) is 0 Å². The number of nitrogens with two attached hydrogens (primary N) is 1. The van der Waals surface area contributed by atoms with Gasteiger partial charge < -0.3 is 5.73 Å². The number of nitrogens with one attached hydrogen (secondary N) is 1. The van der Waals surface area contributed by atoms with Crippen LogP contribution < -0.4 is 11.1 Å². The maximum atomic E-state index is 11.3. The summed E-state index contributed by atoms with van der Waals surface area (Å²) in [7, 11) is 0. The quantitative estimate of drug-likeness (QED) is 0.783. The van der Waals surface area contributed by atoms with E-state index in [1.54, 1.807) is 0 Å². The van der Waals surface area contributed by atoms with Crippen molar-refractivity contribution in [1.82, 2.24) is 5.32 Å². The molecule has 0 aromatic carbocycles. The van der Waals surface area contributed by atoms with Crippen molar-refractivity contribution in [2.24, 2.45) is 5.73 Å². The number of amides is 3. The topological polar surface area (TPSA) is 72.2 Å². The van der Waals surface area contributed by atoms with Gasteiger partial charge in [-0.3, -0.25) is 10.1 Å². The molecule has 96 valence electrons. The third-order valence-corrected chi connectivity index (χ3v) is 3.75. The van der Waals surface area contributed by atoms with Gasteiger partial charge in [-0.1, -0.05) is 56.5 Å². The van der Waals surface area contributed by atoms with Gasteiger partial charge in [0.2, 0.25) is 5.91 Å². The summed E-state index contributed by atoms with van der Waals surface area (Å²) < 4.78 is -0.665. The normalized spacial score (nSPS) is 10.1. The molecule has 4 nitrogen and oxygen atoms in total. The first-order valence-electron chi connectivity index (χ1n) is 5.67. The number of carbonyl (C=O) groups excluding carboxylic acids is 2. The first-order chi connectivity index (χ1) is 7.37. The summed E-state index contributed by atoms with van der Waals surface area (Å²) in [6, 6.07) is -0.814. The second kappa shape index (κ2) is 9.63. The zero-order valence-corrected chi connectivity index (χ0v) is 12.2. The lowest BCUT2D eigenvalue weighted by atomic mass is 10.0. The number of hydrogen-bond donors (Lipinski definition) is 2. The molecule has 0 rings (SSSR count). The van der Waals surface area contributed by atoms with Crippen molar-refractivity contribution in [3.63, 3.8) is 0 Å². The maximum Gasteiger partial charge on any atom is 0.318 e. The number of imide groups is 1. The molecule has 0 aromatic heterocycles. The molecule has 0 saturated carbocycles. The highest BCUT2D eigenvalue weighted by molar-refractivity contribution is 9.10. The van der Waals surface area contributed by atoms with Crippen LogP contribution in [0.5, 0.6) is 0 Å². The maximum absolute atomic E-state index is 11.3. The highest BCUT2D eigenvalue weighted by Gasteiger charge is 2.32. The Balaban J connectivity index is 0. The molecule has 0 bridgehead atoms. The van der Waals surface area contributed by atoms with Gasteiger partial charge in [0.15, 0.2) is 0 Å². The molecule has 0 aromatic rings. The molecule has 0 spiro atoms. The third-order valence-electron chi connectivity index (χ3n) is 2.26. The standard InChI is InChI=1S/C7H13BrN2O2.C4H10/c1-3-7(8,4-2)5(11)10-6(9)12;1-3-4-2/h3-4H2,1-2H3,(H3,9,10,11,12);3-4H2,1-2H3. The highest BCUT2D eigenvalue weighted by Crippen LogP contribution is 2.26. The number of urea groups is 1. The lowest BCUT2D eigenvalue weighted by Gasteiger charge is -2.21. The number of rotatable bonds is 4. The molecule has 0 fully saturated rings. The van der Waals surface area contributed by atoms with Gasteiger partial charge in [-0.05, 0) is 12.8 Å². The van der Waals surface area contributed by atoms with Gasteiger partial charge in [0.1, 0.15) is 4.32 Å². The minimum Gasteiger partial charge on any atom is -0.351 e. The monoisotopic (exact) mass is 294 g/mol. The molecular weight excluding hydrogens is 272 g/mol. The Bertz CT molecular complexity index is 214. The second-order valence-corrected chi connectivity index (χ2v) is 5.01. The van der Waals surface area contributed by atoms with Crippen LogP contribution in [-0.2, 0) is 4.79 Å². The number of unbranched alkanes of at least 4 members (excludes halogenated alkanes) is 1. The Morgan fingerprint density at radius 2 is 1.50 bits per heavy atom. The van der Waals surface area contributed by atoms with Crippen LogP contribution in [0.3, 0.4) is 0 Å². The molecule has 3 N–H and O–H groups in total. The predicted molar refractivity (Wildman–Crippen MR) is 70.5 cm³/mol. The fraction of sp³-hybridized carbons (Fsp3) is 0.818. The first kappa shape index (κ1) is 17.8. The third kappa shape index (κ3) is 7.68. The summed E-state index contributed by atoms with van der Waals surface area (Å²) in [5.41, 5.74) is 4.81. The molecule has 16 heavy (non-hydrogen) atoms. The smallest absolute Gasteiger partial charge is 0.318 e.